The molecule has 42 heavy (non-hydrogen) atoms. The molecule has 0 bridgehead atoms. The Morgan fingerprint density at radius 2 is 1.86 bits per heavy atom. The van der Waals surface area contributed by atoms with Crippen LogP contribution in [0.3, 0.4) is 0 Å². The molecule has 0 saturated carbocycles. The summed E-state index contributed by atoms with van der Waals surface area (Å²) in [5, 5.41) is 13.9. The number of rotatable bonds is 7. The minimum absolute atomic E-state index is 0.00827. The molecule has 3 aromatic heterocycles. The molecule has 1 aliphatic rings. The van der Waals surface area contributed by atoms with Gasteiger partial charge in [-0.25, -0.2) is 4.98 Å². The lowest BCUT2D eigenvalue weighted by atomic mass is 9.74. The van der Waals surface area contributed by atoms with E-state index < -0.39 is 0 Å². The highest BCUT2D eigenvalue weighted by Crippen LogP contribution is 2.48. The number of hydrogen-bond donors (Lipinski definition) is 1. The van der Waals surface area contributed by atoms with E-state index in [9.17, 15) is 5.11 Å². The second kappa shape index (κ2) is 10.8. The SMILES string of the molecule is C=C(CO)C1C(COC)c2c(cc(C(C)(C)C)c3ccccc23)-c2cc(-c3ccnc4occ(CC(C)C)c34)cc[n+]21. The Kier molecular flexibility index (Phi) is 7.28. The first-order valence-electron chi connectivity index (χ1n) is 14.9. The maximum atomic E-state index is 10.4. The molecule has 2 unspecified atom stereocenters. The maximum absolute atomic E-state index is 10.4. The average molecular weight is 562 g/mol. The van der Waals surface area contributed by atoms with E-state index in [1.54, 1.807) is 7.11 Å². The standard InChI is InChI=1S/C37H41N2O3/c1-22(2)16-25-20-42-36-33(25)26(12-14-38-36)24-13-15-39-32(17-24)29-18-31(37(4,5)6)27-10-8-9-11-28(27)34(29)30(21-41-7)35(39)23(3)19-40/h8-15,17-18,20,22,30,35,40H,3,16,19,21H2,1-2,4-7H3/q+1. The van der Waals surface area contributed by atoms with Crippen LogP contribution in [0.15, 0.2) is 83.8 Å². The first kappa shape index (κ1) is 28.3. The Morgan fingerprint density at radius 3 is 2.55 bits per heavy atom. The summed E-state index contributed by atoms with van der Waals surface area (Å²) in [5.41, 5.74) is 9.64. The molecular formula is C37H41N2O3+. The molecule has 1 aliphatic heterocycles. The molecule has 4 heterocycles. The van der Waals surface area contributed by atoms with Crippen molar-refractivity contribution in [1.82, 2.24) is 4.98 Å². The zero-order chi connectivity index (χ0) is 29.8. The number of benzene rings is 2. The van der Waals surface area contributed by atoms with Gasteiger partial charge in [0.05, 0.1) is 36.3 Å². The van der Waals surface area contributed by atoms with Crippen molar-refractivity contribution in [1.29, 1.82) is 0 Å². The molecule has 5 aromatic rings. The van der Waals surface area contributed by atoms with Gasteiger partial charge in [-0.3, -0.25) is 0 Å². The molecule has 0 spiro atoms. The van der Waals surface area contributed by atoms with Gasteiger partial charge in [0.1, 0.15) is 0 Å². The molecule has 0 aliphatic carbocycles. The molecule has 216 valence electrons. The molecule has 1 N–H and O–H groups in total. The van der Waals surface area contributed by atoms with Crippen LogP contribution in [0.5, 0.6) is 0 Å². The van der Waals surface area contributed by atoms with Gasteiger partial charge in [0.2, 0.25) is 11.4 Å². The third-order valence-electron chi connectivity index (χ3n) is 8.66. The van der Waals surface area contributed by atoms with Crippen molar-refractivity contribution in [3.63, 3.8) is 0 Å². The Hall–Kier alpha value is -3.80. The van der Waals surface area contributed by atoms with Crippen LogP contribution in [0.2, 0.25) is 0 Å². The fraction of sp³-hybridized carbons (Fsp3) is 0.351. The third kappa shape index (κ3) is 4.65. The van der Waals surface area contributed by atoms with E-state index in [-0.39, 0.29) is 24.0 Å². The number of methoxy groups -OCH3 is 1. The Balaban J connectivity index is 1.68. The second-order valence-electron chi connectivity index (χ2n) is 13.1. The zero-order valence-electron chi connectivity index (χ0n) is 25.6. The molecule has 0 radical (unpaired) electrons. The number of aromatic nitrogens is 2. The van der Waals surface area contributed by atoms with Crippen LogP contribution >= 0.6 is 0 Å². The van der Waals surface area contributed by atoms with Gasteiger partial charge in [-0.05, 0) is 62.9 Å². The van der Waals surface area contributed by atoms with Gasteiger partial charge in [-0.15, -0.1) is 0 Å². The number of hydrogen-bond acceptors (Lipinski definition) is 4. The van der Waals surface area contributed by atoms with Crippen molar-refractivity contribution >= 4 is 21.9 Å². The number of furan rings is 1. The number of ether oxygens (including phenoxy) is 1. The van der Waals surface area contributed by atoms with Crippen molar-refractivity contribution in [2.45, 2.75) is 58.4 Å². The predicted molar refractivity (Wildman–Crippen MR) is 170 cm³/mol. The molecule has 0 saturated heterocycles. The lowest BCUT2D eigenvalue weighted by molar-refractivity contribution is -0.709. The summed E-state index contributed by atoms with van der Waals surface area (Å²) in [7, 11) is 1.75. The van der Waals surface area contributed by atoms with Crippen LogP contribution in [0.1, 0.15) is 63.3 Å². The minimum atomic E-state index is -0.154. The topological polar surface area (TPSA) is 59.4 Å². The van der Waals surface area contributed by atoms with Crippen molar-refractivity contribution in [3.05, 3.63) is 96.0 Å². The molecular weight excluding hydrogens is 520 g/mol. The lowest BCUT2D eigenvalue weighted by Crippen LogP contribution is -2.49. The number of nitrogens with zero attached hydrogens (tertiary/aromatic N) is 2. The summed E-state index contributed by atoms with van der Waals surface area (Å²) in [4.78, 5) is 4.54. The van der Waals surface area contributed by atoms with Gasteiger partial charge in [-0.2, -0.15) is 4.57 Å². The zero-order valence-corrected chi connectivity index (χ0v) is 25.6. The summed E-state index contributed by atoms with van der Waals surface area (Å²) in [6, 6.07) is 17.5. The second-order valence-corrected chi connectivity index (χ2v) is 13.1. The van der Waals surface area contributed by atoms with E-state index in [0.29, 0.717) is 18.2 Å². The summed E-state index contributed by atoms with van der Waals surface area (Å²) in [6.07, 6.45) is 6.77. The van der Waals surface area contributed by atoms with Gasteiger partial charge < -0.3 is 14.3 Å². The van der Waals surface area contributed by atoms with Gasteiger partial charge >= 0.3 is 0 Å². The van der Waals surface area contributed by atoms with Gasteiger partial charge in [0, 0.05) is 36.6 Å². The molecule has 2 atom stereocenters. The maximum Gasteiger partial charge on any atom is 0.226 e. The van der Waals surface area contributed by atoms with Crippen molar-refractivity contribution in [3.8, 4) is 22.4 Å². The first-order chi connectivity index (χ1) is 20.1. The highest BCUT2D eigenvalue weighted by atomic mass is 16.5. The van der Waals surface area contributed by atoms with Crippen LogP contribution < -0.4 is 4.57 Å². The van der Waals surface area contributed by atoms with E-state index in [1.165, 1.54) is 33.0 Å². The van der Waals surface area contributed by atoms with Gasteiger partial charge in [0.25, 0.3) is 0 Å². The average Bonchev–Trinajstić information content (AvgIpc) is 3.37. The van der Waals surface area contributed by atoms with Crippen LogP contribution in [0, 0.1) is 5.92 Å². The lowest BCUT2D eigenvalue weighted by Gasteiger charge is -2.34. The van der Waals surface area contributed by atoms with Gasteiger partial charge in [-0.1, -0.05) is 65.5 Å². The van der Waals surface area contributed by atoms with Crippen molar-refractivity contribution in [2.75, 3.05) is 20.3 Å². The molecule has 2 aromatic carbocycles. The van der Waals surface area contributed by atoms with Crippen LogP contribution in [-0.2, 0) is 16.6 Å². The molecule has 0 amide bonds. The molecule has 0 fully saturated rings. The van der Waals surface area contributed by atoms with E-state index in [4.69, 9.17) is 9.15 Å². The van der Waals surface area contributed by atoms with Crippen molar-refractivity contribution < 1.29 is 18.8 Å². The largest absolute Gasteiger partial charge is 0.446 e. The van der Waals surface area contributed by atoms with E-state index >= 15 is 0 Å². The summed E-state index contributed by atoms with van der Waals surface area (Å²) in [6.45, 7) is 16.1. The van der Waals surface area contributed by atoms with Crippen LogP contribution in [0.4, 0.5) is 0 Å². The Morgan fingerprint density at radius 1 is 1.10 bits per heavy atom. The highest BCUT2D eigenvalue weighted by molar-refractivity contribution is 5.97. The summed E-state index contributed by atoms with van der Waals surface area (Å²) in [5.74, 6) is 0.489. The number of pyridine rings is 2. The Bertz CT molecular complexity index is 1810. The molecule has 5 heteroatoms. The van der Waals surface area contributed by atoms with E-state index in [1.807, 2.05) is 12.5 Å². The number of aliphatic hydroxyl groups is 1. The van der Waals surface area contributed by atoms with E-state index in [0.717, 1.165) is 34.2 Å². The summed E-state index contributed by atoms with van der Waals surface area (Å²) >= 11 is 0. The quantitative estimate of drug-likeness (QED) is 0.162. The fourth-order valence-electron chi connectivity index (χ4n) is 6.91. The normalized spacial score (nSPS) is 16.7. The Labute approximate surface area is 248 Å². The van der Waals surface area contributed by atoms with Gasteiger partial charge in [0.15, 0.2) is 12.2 Å². The van der Waals surface area contributed by atoms with Crippen LogP contribution in [0.25, 0.3) is 44.3 Å². The highest BCUT2D eigenvalue weighted by Gasteiger charge is 2.43. The fourth-order valence-corrected chi connectivity index (χ4v) is 6.91. The monoisotopic (exact) mass is 561 g/mol. The van der Waals surface area contributed by atoms with Crippen molar-refractivity contribution in [2.24, 2.45) is 5.92 Å². The van der Waals surface area contributed by atoms with E-state index in [2.05, 4.69) is 105 Å². The number of fused-ring (bicyclic) bond motifs is 6. The number of aliphatic hydroxyl groups excluding tert-OH is 1. The summed E-state index contributed by atoms with van der Waals surface area (Å²) < 4.78 is 14.1. The first-order valence-corrected chi connectivity index (χ1v) is 14.9. The molecule has 5 nitrogen and oxygen atoms in total. The van der Waals surface area contributed by atoms with Crippen LogP contribution in [-0.4, -0.2) is 30.4 Å². The smallest absolute Gasteiger partial charge is 0.226 e. The predicted octanol–water partition coefficient (Wildman–Crippen LogP) is 7.93. The molecule has 6 rings (SSSR count). The minimum Gasteiger partial charge on any atom is -0.446 e. The third-order valence-corrected chi connectivity index (χ3v) is 8.66.